The molecule has 0 bridgehead atoms. The zero-order valence-corrected chi connectivity index (χ0v) is 24.6. The minimum atomic E-state index is -4.22. The van der Waals surface area contributed by atoms with Gasteiger partial charge < -0.3 is 10.2 Å². The summed E-state index contributed by atoms with van der Waals surface area (Å²) in [6, 6.07) is 19.1. The van der Waals surface area contributed by atoms with Gasteiger partial charge in [0.15, 0.2) is 0 Å². The molecule has 0 aliphatic rings. The van der Waals surface area contributed by atoms with Gasteiger partial charge in [-0.25, -0.2) is 8.42 Å². The Hall–Kier alpha value is -3.07. The smallest absolute Gasteiger partial charge is 0.264 e. The summed E-state index contributed by atoms with van der Waals surface area (Å²) in [6.45, 7) is 5.61. The number of unbranched alkanes of at least 4 members (excludes halogenated alkanes) is 1. The first-order valence-corrected chi connectivity index (χ1v) is 14.9. The molecule has 3 aromatic rings. The summed E-state index contributed by atoms with van der Waals surface area (Å²) in [6.07, 6.45) is 1.72. The number of nitrogens with zero attached hydrogens (tertiary/aromatic N) is 2. The molecule has 0 heterocycles. The average Bonchev–Trinajstić information content (AvgIpc) is 2.92. The number of anilines is 1. The van der Waals surface area contributed by atoms with Gasteiger partial charge in [0.05, 0.1) is 20.6 Å². The van der Waals surface area contributed by atoms with E-state index in [1.807, 2.05) is 38.1 Å². The molecule has 0 spiro atoms. The van der Waals surface area contributed by atoms with Gasteiger partial charge >= 0.3 is 0 Å². The van der Waals surface area contributed by atoms with Crippen molar-refractivity contribution in [2.75, 3.05) is 17.4 Å². The zero-order valence-electron chi connectivity index (χ0n) is 22.2. The largest absolute Gasteiger partial charge is 0.354 e. The minimum Gasteiger partial charge on any atom is -0.354 e. The first kappa shape index (κ1) is 30.5. The van der Waals surface area contributed by atoms with Crippen LogP contribution in [0.1, 0.15) is 37.8 Å². The van der Waals surface area contributed by atoms with E-state index in [0.717, 1.165) is 28.3 Å². The van der Waals surface area contributed by atoms with Gasteiger partial charge in [-0.3, -0.25) is 13.9 Å². The molecule has 1 N–H and O–H groups in total. The highest BCUT2D eigenvalue weighted by Gasteiger charge is 2.33. The van der Waals surface area contributed by atoms with Crippen LogP contribution in [0.15, 0.2) is 77.7 Å². The van der Waals surface area contributed by atoms with Crippen molar-refractivity contribution >= 4 is 50.7 Å². The van der Waals surface area contributed by atoms with Crippen molar-refractivity contribution in [2.45, 2.75) is 51.1 Å². The molecule has 2 amide bonds. The van der Waals surface area contributed by atoms with Crippen LogP contribution in [0, 0.1) is 6.92 Å². The lowest BCUT2D eigenvalue weighted by Gasteiger charge is -2.32. The Bertz CT molecular complexity index is 1400. The molecule has 0 aromatic heterocycles. The van der Waals surface area contributed by atoms with E-state index in [2.05, 4.69) is 5.32 Å². The average molecular weight is 591 g/mol. The number of sulfonamides is 1. The van der Waals surface area contributed by atoms with Crippen LogP contribution in [0.2, 0.25) is 10.0 Å². The first-order chi connectivity index (χ1) is 18.6. The quantitative estimate of drug-likeness (QED) is 0.269. The lowest BCUT2D eigenvalue weighted by atomic mass is 10.1. The van der Waals surface area contributed by atoms with Crippen LogP contribution < -0.4 is 9.62 Å². The van der Waals surface area contributed by atoms with Gasteiger partial charge in [0, 0.05) is 13.1 Å². The fraction of sp³-hybridized carbons (Fsp3) is 0.310. The fourth-order valence-corrected chi connectivity index (χ4v) is 5.94. The van der Waals surface area contributed by atoms with Crippen molar-refractivity contribution in [2.24, 2.45) is 0 Å². The Kier molecular flexibility index (Phi) is 10.8. The number of amides is 2. The lowest BCUT2D eigenvalue weighted by Crippen LogP contribution is -2.51. The van der Waals surface area contributed by atoms with E-state index >= 15 is 0 Å². The number of hydrogen-bond acceptors (Lipinski definition) is 4. The summed E-state index contributed by atoms with van der Waals surface area (Å²) in [7, 11) is -4.22. The number of nitrogens with one attached hydrogen (secondary N) is 1. The number of carbonyl (C=O) groups excluding carboxylic acids is 2. The molecule has 0 fully saturated rings. The van der Waals surface area contributed by atoms with E-state index < -0.39 is 28.5 Å². The summed E-state index contributed by atoms with van der Waals surface area (Å²) in [5.74, 6) is -0.882. The van der Waals surface area contributed by atoms with Crippen LogP contribution in [0.5, 0.6) is 0 Å². The molecule has 3 aromatic carbocycles. The second-order valence-corrected chi connectivity index (χ2v) is 11.9. The molecule has 0 aliphatic carbocycles. The van der Waals surface area contributed by atoms with E-state index in [4.69, 9.17) is 23.2 Å². The number of rotatable bonds is 12. The lowest BCUT2D eigenvalue weighted by molar-refractivity contribution is -0.139. The molecule has 39 heavy (non-hydrogen) atoms. The predicted molar refractivity (Wildman–Crippen MR) is 157 cm³/mol. The molecule has 0 saturated heterocycles. The fourth-order valence-electron chi connectivity index (χ4n) is 4.04. The molecule has 0 unspecified atom stereocenters. The summed E-state index contributed by atoms with van der Waals surface area (Å²) in [5, 5.41) is 3.02. The maximum absolute atomic E-state index is 13.9. The third-order valence-corrected chi connectivity index (χ3v) is 8.83. The SMILES string of the molecule is CCCCNC(=O)[C@H](C)N(Cc1cccc(C)c1)C(=O)CN(c1cccc(Cl)c1Cl)S(=O)(=O)c1ccccc1. The Labute approximate surface area is 240 Å². The molecule has 7 nitrogen and oxygen atoms in total. The minimum absolute atomic E-state index is 0.00191. The maximum atomic E-state index is 13.9. The molecular formula is C29H33Cl2N3O4S. The van der Waals surface area contributed by atoms with Gasteiger partial charge in [-0.2, -0.15) is 0 Å². The third kappa shape index (κ3) is 7.75. The Morgan fingerprint density at radius 1 is 0.974 bits per heavy atom. The monoisotopic (exact) mass is 589 g/mol. The highest BCUT2D eigenvalue weighted by atomic mass is 35.5. The van der Waals surface area contributed by atoms with Crippen molar-refractivity contribution in [3.8, 4) is 0 Å². The third-order valence-electron chi connectivity index (χ3n) is 6.24. The second-order valence-electron chi connectivity index (χ2n) is 9.23. The standard InChI is InChI=1S/C29H33Cl2N3O4S/c1-4-5-17-32-29(36)22(3)33(19-23-12-9-11-21(2)18-23)27(35)20-34(26-16-10-15-25(30)28(26)31)39(37,38)24-13-7-6-8-14-24/h6-16,18,22H,4-5,17,19-20H2,1-3H3,(H,32,36)/t22-/m0/s1. The molecule has 3 rings (SSSR count). The maximum Gasteiger partial charge on any atom is 0.264 e. The molecule has 0 aliphatic heterocycles. The van der Waals surface area contributed by atoms with Crippen LogP contribution >= 0.6 is 23.2 Å². The number of aryl methyl sites for hydroxylation is 1. The van der Waals surface area contributed by atoms with Crippen LogP contribution in [-0.4, -0.2) is 44.3 Å². The van der Waals surface area contributed by atoms with Gasteiger partial charge in [0.1, 0.15) is 12.6 Å². The number of hydrogen-bond donors (Lipinski definition) is 1. The van der Waals surface area contributed by atoms with Gasteiger partial charge in [-0.15, -0.1) is 0 Å². The van der Waals surface area contributed by atoms with Gasteiger partial charge in [-0.05, 0) is 50.1 Å². The van der Waals surface area contributed by atoms with E-state index in [0.29, 0.717) is 6.54 Å². The van der Waals surface area contributed by atoms with Crippen molar-refractivity contribution < 1.29 is 18.0 Å². The normalized spacial score (nSPS) is 12.0. The van der Waals surface area contributed by atoms with Crippen LogP contribution in [0.3, 0.4) is 0 Å². The van der Waals surface area contributed by atoms with E-state index in [-0.39, 0.29) is 33.1 Å². The Morgan fingerprint density at radius 2 is 1.67 bits per heavy atom. The van der Waals surface area contributed by atoms with Crippen LogP contribution in [0.25, 0.3) is 0 Å². The second kappa shape index (κ2) is 13.8. The number of benzene rings is 3. The van der Waals surface area contributed by atoms with Crippen molar-refractivity contribution in [3.05, 3.63) is 94.0 Å². The summed E-state index contributed by atoms with van der Waals surface area (Å²) in [5.41, 5.74) is 1.88. The highest BCUT2D eigenvalue weighted by Crippen LogP contribution is 2.35. The molecule has 1 atom stereocenters. The Morgan fingerprint density at radius 3 is 2.33 bits per heavy atom. The summed E-state index contributed by atoms with van der Waals surface area (Å²) >= 11 is 12.7. The predicted octanol–water partition coefficient (Wildman–Crippen LogP) is 5.83. The topological polar surface area (TPSA) is 86.8 Å². The van der Waals surface area contributed by atoms with Gasteiger partial charge in [-0.1, -0.05) is 90.6 Å². The van der Waals surface area contributed by atoms with Crippen LogP contribution in [0.4, 0.5) is 5.69 Å². The molecule has 10 heteroatoms. The zero-order chi connectivity index (χ0) is 28.6. The summed E-state index contributed by atoms with van der Waals surface area (Å²) < 4.78 is 28.6. The van der Waals surface area contributed by atoms with Crippen molar-refractivity contribution in [3.63, 3.8) is 0 Å². The summed E-state index contributed by atoms with van der Waals surface area (Å²) in [4.78, 5) is 28.3. The highest BCUT2D eigenvalue weighted by molar-refractivity contribution is 7.92. The number of halogens is 2. The van der Waals surface area contributed by atoms with E-state index in [1.54, 1.807) is 31.2 Å². The van der Waals surface area contributed by atoms with Gasteiger partial charge in [0.2, 0.25) is 11.8 Å². The van der Waals surface area contributed by atoms with Gasteiger partial charge in [0.25, 0.3) is 10.0 Å². The van der Waals surface area contributed by atoms with Crippen molar-refractivity contribution in [1.29, 1.82) is 0 Å². The molecule has 0 saturated carbocycles. The molecule has 0 radical (unpaired) electrons. The number of carbonyl (C=O) groups is 2. The van der Waals surface area contributed by atoms with E-state index in [9.17, 15) is 18.0 Å². The molecular weight excluding hydrogens is 557 g/mol. The molecule has 208 valence electrons. The van der Waals surface area contributed by atoms with Crippen molar-refractivity contribution in [1.82, 2.24) is 10.2 Å². The first-order valence-electron chi connectivity index (χ1n) is 12.7. The Balaban J connectivity index is 2.03. The van der Waals surface area contributed by atoms with E-state index in [1.165, 1.54) is 29.2 Å². The van der Waals surface area contributed by atoms with Crippen LogP contribution in [-0.2, 0) is 26.2 Å².